The van der Waals surface area contributed by atoms with Crippen molar-refractivity contribution in [3.05, 3.63) is 17.7 Å². The van der Waals surface area contributed by atoms with Gasteiger partial charge in [0.2, 0.25) is 5.91 Å². The topological polar surface area (TPSA) is 117 Å². The molecule has 10 heteroatoms. The third-order valence-corrected chi connectivity index (χ3v) is 4.48. The number of carbonyl (C=O) groups excluding carboxylic acids is 2. The van der Waals surface area contributed by atoms with E-state index in [4.69, 9.17) is 0 Å². The highest BCUT2D eigenvalue weighted by Crippen LogP contribution is 2.36. The lowest BCUT2D eigenvalue weighted by atomic mass is 10.1. The van der Waals surface area contributed by atoms with Crippen molar-refractivity contribution in [1.29, 1.82) is 0 Å². The van der Waals surface area contributed by atoms with Crippen LogP contribution in [0.15, 0.2) is 21.4 Å². The Kier molecular flexibility index (Phi) is 4.78. The van der Waals surface area contributed by atoms with Crippen LogP contribution >= 0.6 is 0 Å². The molecule has 1 aromatic carbocycles. The van der Waals surface area contributed by atoms with E-state index in [0.717, 1.165) is 6.34 Å². The van der Waals surface area contributed by atoms with Gasteiger partial charge in [-0.3, -0.25) is 4.79 Å². The molecule has 1 atom stereocenters. The number of methoxy groups -OCH3 is 1. The SMILES string of the molecule is COC(=O)c1cc2c(c(S(=O)(=O)N=CN(C)C)c1)N[C@@H](C)C(=O)N2. The number of hydrogen-bond acceptors (Lipinski definition) is 6. The lowest BCUT2D eigenvalue weighted by Crippen LogP contribution is -2.37. The van der Waals surface area contributed by atoms with Gasteiger partial charge in [-0.15, -0.1) is 4.40 Å². The molecule has 0 radical (unpaired) electrons. The van der Waals surface area contributed by atoms with E-state index in [9.17, 15) is 18.0 Å². The summed E-state index contributed by atoms with van der Waals surface area (Å²) < 4.78 is 33.3. The van der Waals surface area contributed by atoms with Gasteiger partial charge < -0.3 is 20.3 Å². The molecule has 1 aliphatic rings. The summed E-state index contributed by atoms with van der Waals surface area (Å²) in [5, 5.41) is 5.40. The van der Waals surface area contributed by atoms with Crippen LogP contribution in [-0.2, 0) is 19.6 Å². The first-order valence-corrected chi connectivity index (χ1v) is 8.40. The zero-order chi connectivity index (χ0) is 18.1. The molecule has 0 aliphatic carbocycles. The summed E-state index contributed by atoms with van der Waals surface area (Å²) in [6, 6.07) is 1.89. The van der Waals surface area contributed by atoms with E-state index < -0.39 is 22.0 Å². The molecule has 24 heavy (non-hydrogen) atoms. The minimum atomic E-state index is -4.10. The van der Waals surface area contributed by atoms with E-state index in [1.807, 2.05) is 0 Å². The van der Waals surface area contributed by atoms with E-state index in [1.54, 1.807) is 21.0 Å². The molecule has 0 unspecified atom stereocenters. The van der Waals surface area contributed by atoms with Crippen LogP contribution in [0.25, 0.3) is 0 Å². The summed E-state index contributed by atoms with van der Waals surface area (Å²) in [6.45, 7) is 1.59. The smallest absolute Gasteiger partial charge is 0.337 e. The summed E-state index contributed by atoms with van der Waals surface area (Å²) in [5.74, 6) is -1.07. The molecule has 1 heterocycles. The Labute approximate surface area is 139 Å². The highest BCUT2D eigenvalue weighted by atomic mass is 32.2. The number of esters is 1. The average Bonchev–Trinajstić information content (AvgIpc) is 2.52. The van der Waals surface area contributed by atoms with Crippen LogP contribution < -0.4 is 10.6 Å². The molecule has 9 nitrogen and oxygen atoms in total. The first kappa shape index (κ1) is 17.7. The number of nitrogens with one attached hydrogen (secondary N) is 2. The van der Waals surface area contributed by atoms with Crippen LogP contribution in [0.4, 0.5) is 11.4 Å². The van der Waals surface area contributed by atoms with Gasteiger partial charge in [-0.05, 0) is 19.1 Å². The second-order valence-corrected chi connectivity index (χ2v) is 7.00. The average molecular weight is 354 g/mol. The Morgan fingerprint density at radius 1 is 1.38 bits per heavy atom. The summed E-state index contributed by atoms with van der Waals surface area (Å²) in [4.78, 5) is 24.8. The maximum atomic E-state index is 12.5. The minimum Gasteiger partial charge on any atom is -0.465 e. The number of benzene rings is 1. The van der Waals surface area contributed by atoms with Crippen molar-refractivity contribution in [2.45, 2.75) is 17.9 Å². The summed E-state index contributed by atoms with van der Waals surface area (Å²) in [6.07, 6.45) is 1.14. The largest absolute Gasteiger partial charge is 0.465 e. The number of amides is 1. The quantitative estimate of drug-likeness (QED) is 0.459. The Balaban J connectivity index is 2.67. The molecular weight excluding hydrogens is 336 g/mol. The molecule has 1 aromatic rings. The molecule has 0 bridgehead atoms. The Morgan fingerprint density at radius 3 is 2.62 bits per heavy atom. The Hall–Kier alpha value is -2.62. The highest BCUT2D eigenvalue weighted by Gasteiger charge is 2.30. The Morgan fingerprint density at radius 2 is 2.04 bits per heavy atom. The highest BCUT2D eigenvalue weighted by molar-refractivity contribution is 7.90. The molecule has 1 aliphatic heterocycles. The number of fused-ring (bicyclic) bond motifs is 1. The van der Waals surface area contributed by atoms with E-state index in [2.05, 4.69) is 19.8 Å². The molecular formula is C14H18N4O5S. The molecule has 1 amide bonds. The summed E-state index contributed by atoms with van der Waals surface area (Å²) in [7, 11) is 0.334. The molecule has 2 rings (SSSR count). The van der Waals surface area contributed by atoms with Crippen LogP contribution in [0.1, 0.15) is 17.3 Å². The van der Waals surface area contributed by atoms with Crippen molar-refractivity contribution >= 4 is 39.6 Å². The van der Waals surface area contributed by atoms with E-state index in [1.165, 1.54) is 24.1 Å². The minimum absolute atomic E-state index is 0.00784. The van der Waals surface area contributed by atoms with Gasteiger partial charge in [0.25, 0.3) is 10.0 Å². The zero-order valence-corrected chi connectivity index (χ0v) is 14.5. The van der Waals surface area contributed by atoms with Gasteiger partial charge in [-0.1, -0.05) is 0 Å². The summed E-state index contributed by atoms with van der Waals surface area (Å²) >= 11 is 0. The predicted octanol–water partition coefficient (Wildman–Crippen LogP) is 0.504. The number of nitrogens with zero attached hydrogens (tertiary/aromatic N) is 2. The second kappa shape index (κ2) is 6.48. The molecule has 0 aromatic heterocycles. The maximum absolute atomic E-state index is 12.5. The van der Waals surface area contributed by atoms with E-state index in [-0.39, 0.29) is 27.7 Å². The third-order valence-electron chi connectivity index (χ3n) is 3.23. The van der Waals surface area contributed by atoms with Gasteiger partial charge >= 0.3 is 5.97 Å². The van der Waals surface area contributed by atoms with Gasteiger partial charge in [0.05, 0.1) is 24.0 Å². The van der Waals surface area contributed by atoms with Gasteiger partial charge in [0.1, 0.15) is 17.3 Å². The molecule has 2 N–H and O–H groups in total. The fraction of sp³-hybridized carbons (Fsp3) is 0.357. The lowest BCUT2D eigenvalue weighted by molar-refractivity contribution is -0.116. The third kappa shape index (κ3) is 3.48. The van der Waals surface area contributed by atoms with Gasteiger partial charge in [0, 0.05) is 14.1 Å². The van der Waals surface area contributed by atoms with Crippen LogP contribution in [0.3, 0.4) is 0 Å². The van der Waals surface area contributed by atoms with Crippen molar-refractivity contribution < 1.29 is 22.7 Å². The van der Waals surface area contributed by atoms with Crippen LogP contribution in [-0.4, -0.2) is 58.8 Å². The Bertz CT molecular complexity index is 817. The predicted molar refractivity (Wildman–Crippen MR) is 88.9 cm³/mol. The fourth-order valence-corrected chi connectivity index (χ4v) is 3.17. The number of rotatable bonds is 4. The van der Waals surface area contributed by atoms with Gasteiger partial charge in [-0.2, -0.15) is 8.42 Å². The number of anilines is 2. The van der Waals surface area contributed by atoms with Crippen LogP contribution in [0, 0.1) is 0 Å². The van der Waals surface area contributed by atoms with Crippen molar-refractivity contribution in [3.63, 3.8) is 0 Å². The van der Waals surface area contributed by atoms with Crippen molar-refractivity contribution in [1.82, 2.24) is 4.90 Å². The van der Waals surface area contributed by atoms with E-state index >= 15 is 0 Å². The van der Waals surface area contributed by atoms with Crippen LogP contribution in [0.2, 0.25) is 0 Å². The second-order valence-electron chi connectivity index (χ2n) is 5.40. The first-order valence-electron chi connectivity index (χ1n) is 6.96. The number of ether oxygens (including phenoxy) is 1. The number of carbonyl (C=O) groups is 2. The van der Waals surface area contributed by atoms with Crippen molar-refractivity contribution in [2.75, 3.05) is 31.8 Å². The molecule has 0 spiro atoms. The first-order chi connectivity index (χ1) is 11.2. The van der Waals surface area contributed by atoms with Gasteiger partial charge in [0.15, 0.2) is 0 Å². The van der Waals surface area contributed by atoms with Crippen molar-refractivity contribution in [3.8, 4) is 0 Å². The number of hydrogen-bond donors (Lipinski definition) is 2. The lowest BCUT2D eigenvalue weighted by Gasteiger charge is -2.26. The van der Waals surface area contributed by atoms with E-state index in [0.29, 0.717) is 0 Å². The fourth-order valence-electron chi connectivity index (χ4n) is 2.04. The van der Waals surface area contributed by atoms with Gasteiger partial charge in [-0.25, -0.2) is 4.79 Å². The standard InChI is InChI=1S/C14H18N4O5S/c1-8-13(19)17-10-5-9(14(20)23-4)6-11(12(10)16-8)24(21,22)15-7-18(2)3/h5-8,16H,1-4H3,(H,17,19)/t8-/m0/s1. The van der Waals surface area contributed by atoms with Crippen molar-refractivity contribution in [2.24, 2.45) is 4.40 Å². The number of sulfonamides is 1. The monoisotopic (exact) mass is 354 g/mol. The molecule has 0 fully saturated rings. The molecule has 130 valence electrons. The zero-order valence-electron chi connectivity index (χ0n) is 13.7. The summed E-state index contributed by atoms with van der Waals surface area (Å²) in [5.41, 5.74) is 0.358. The molecule has 0 saturated carbocycles. The molecule has 0 saturated heterocycles. The van der Waals surface area contributed by atoms with Crippen LogP contribution in [0.5, 0.6) is 0 Å². The maximum Gasteiger partial charge on any atom is 0.337 e. The normalized spacial score (nSPS) is 17.0.